The molecule has 1 atom stereocenters. The maximum Gasteiger partial charge on any atom is 0.0897 e. The van der Waals surface area contributed by atoms with E-state index in [4.69, 9.17) is 0 Å². The first kappa shape index (κ1) is 11.1. The van der Waals surface area contributed by atoms with E-state index in [9.17, 15) is 5.11 Å². The Labute approximate surface area is 96.0 Å². The summed E-state index contributed by atoms with van der Waals surface area (Å²) in [7, 11) is 0. The van der Waals surface area contributed by atoms with Gasteiger partial charge in [0.2, 0.25) is 0 Å². The van der Waals surface area contributed by atoms with Crippen molar-refractivity contribution in [3.63, 3.8) is 0 Å². The number of pyridine rings is 1. The number of benzene rings is 1. The van der Waals surface area contributed by atoms with Crippen molar-refractivity contribution in [3.8, 4) is 0 Å². The molecule has 1 aromatic heterocycles. The van der Waals surface area contributed by atoms with Gasteiger partial charge in [-0.25, -0.2) is 0 Å². The fourth-order valence-corrected chi connectivity index (χ4v) is 1.87. The minimum Gasteiger partial charge on any atom is -0.385 e. The van der Waals surface area contributed by atoms with Crippen LogP contribution in [0.25, 0.3) is 10.8 Å². The van der Waals surface area contributed by atoms with E-state index in [0.717, 1.165) is 16.3 Å². The normalized spacial score (nSPS) is 15.3. The Hall–Kier alpha value is -1.41. The lowest BCUT2D eigenvalue weighted by atomic mass is 9.83. The zero-order valence-corrected chi connectivity index (χ0v) is 9.94. The number of hydrogen-bond acceptors (Lipinski definition) is 2. The summed E-state index contributed by atoms with van der Waals surface area (Å²) < 4.78 is 0. The molecule has 0 saturated heterocycles. The molecule has 0 saturated carbocycles. The Morgan fingerprint density at radius 2 is 2.00 bits per heavy atom. The summed E-state index contributed by atoms with van der Waals surface area (Å²) in [4.78, 5) is 4.10. The predicted octanol–water partition coefficient (Wildman–Crippen LogP) is 3.10. The summed E-state index contributed by atoms with van der Waals surface area (Å²) in [5.41, 5.74) is 0.170. The topological polar surface area (TPSA) is 33.1 Å². The predicted molar refractivity (Wildman–Crippen MR) is 66.2 cm³/mol. The second-order valence-electron chi connectivity index (χ2n) is 4.70. The van der Waals surface area contributed by atoms with Crippen molar-refractivity contribution in [2.45, 2.75) is 26.4 Å². The second kappa shape index (κ2) is 3.87. The molecular weight excluding hydrogens is 198 g/mol. The fraction of sp³-hybridized carbons (Fsp3) is 0.357. The lowest BCUT2D eigenvalue weighted by Gasteiger charge is -2.29. The lowest BCUT2D eigenvalue weighted by molar-refractivity contribution is 0.0105. The van der Waals surface area contributed by atoms with Crippen LogP contribution in [0.2, 0.25) is 0 Å². The van der Waals surface area contributed by atoms with E-state index in [0.29, 0.717) is 0 Å². The number of aromatic nitrogens is 1. The van der Waals surface area contributed by atoms with Gasteiger partial charge >= 0.3 is 0 Å². The fourth-order valence-electron chi connectivity index (χ4n) is 1.87. The molecule has 0 bridgehead atoms. The second-order valence-corrected chi connectivity index (χ2v) is 4.70. The third-order valence-electron chi connectivity index (χ3n) is 3.35. The van der Waals surface area contributed by atoms with Crippen LogP contribution >= 0.6 is 0 Å². The molecule has 1 heterocycles. The van der Waals surface area contributed by atoms with Crippen LogP contribution in [0, 0.1) is 5.92 Å². The van der Waals surface area contributed by atoms with E-state index in [1.54, 1.807) is 6.20 Å². The number of fused-ring (bicyclic) bond motifs is 1. The summed E-state index contributed by atoms with van der Waals surface area (Å²) >= 11 is 0. The molecule has 2 rings (SSSR count). The molecule has 16 heavy (non-hydrogen) atoms. The summed E-state index contributed by atoms with van der Waals surface area (Å²) in [6.45, 7) is 5.92. The molecule has 2 aromatic rings. The molecule has 2 heteroatoms. The zero-order chi connectivity index (χ0) is 11.8. The Balaban J connectivity index is 2.70. The molecule has 0 spiro atoms. The number of hydrogen-bond donors (Lipinski definition) is 1. The van der Waals surface area contributed by atoms with Crippen molar-refractivity contribution >= 4 is 10.8 Å². The Morgan fingerprint density at radius 3 is 2.69 bits per heavy atom. The SMILES string of the molecule is CC(C)C(C)(O)c1cccc2cnccc12. The van der Waals surface area contributed by atoms with Crippen molar-refractivity contribution in [1.82, 2.24) is 4.98 Å². The van der Waals surface area contributed by atoms with Crippen LogP contribution in [0.1, 0.15) is 26.3 Å². The Kier molecular flexibility index (Phi) is 2.68. The lowest BCUT2D eigenvalue weighted by Crippen LogP contribution is -2.28. The molecule has 1 unspecified atom stereocenters. The van der Waals surface area contributed by atoms with Crippen molar-refractivity contribution in [2.24, 2.45) is 5.92 Å². The average molecular weight is 215 g/mol. The first-order valence-electron chi connectivity index (χ1n) is 5.59. The highest BCUT2D eigenvalue weighted by molar-refractivity contribution is 5.85. The van der Waals surface area contributed by atoms with Gasteiger partial charge in [0, 0.05) is 17.8 Å². The summed E-state index contributed by atoms with van der Waals surface area (Å²) in [6, 6.07) is 7.93. The summed E-state index contributed by atoms with van der Waals surface area (Å²) in [6.07, 6.45) is 3.59. The van der Waals surface area contributed by atoms with Crippen LogP contribution in [0.3, 0.4) is 0 Å². The maximum atomic E-state index is 10.5. The van der Waals surface area contributed by atoms with E-state index in [2.05, 4.69) is 4.98 Å². The molecule has 84 valence electrons. The van der Waals surface area contributed by atoms with Crippen LogP contribution in [-0.4, -0.2) is 10.1 Å². The molecule has 0 fully saturated rings. The molecule has 1 N–H and O–H groups in total. The average Bonchev–Trinajstić information content (AvgIpc) is 2.28. The van der Waals surface area contributed by atoms with Crippen molar-refractivity contribution in [1.29, 1.82) is 0 Å². The number of rotatable bonds is 2. The number of aliphatic hydroxyl groups is 1. The van der Waals surface area contributed by atoms with E-state index >= 15 is 0 Å². The highest BCUT2D eigenvalue weighted by atomic mass is 16.3. The smallest absolute Gasteiger partial charge is 0.0897 e. The van der Waals surface area contributed by atoms with Gasteiger partial charge < -0.3 is 5.11 Å². The van der Waals surface area contributed by atoms with Crippen molar-refractivity contribution in [3.05, 3.63) is 42.2 Å². The van der Waals surface area contributed by atoms with Gasteiger partial charge in [-0.2, -0.15) is 0 Å². The molecule has 1 aromatic carbocycles. The summed E-state index contributed by atoms with van der Waals surface area (Å²) in [5, 5.41) is 12.7. The molecule has 0 amide bonds. The van der Waals surface area contributed by atoms with E-state index < -0.39 is 5.60 Å². The minimum absolute atomic E-state index is 0.172. The summed E-state index contributed by atoms with van der Waals surface area (Å²) in [5.74, 6) is 0.172. The minimum atomic E-state index is -0.805. The van der Waals surface area contributed by atoms with Gasteiger partial charge in [0.25, 0.3) is 0 Å². The third-order valence-corrected chi connectivity index (χ3v) is 3.35. The monoisotopic (exact) mass is 215 g/mol. The first-order valence-corrected chi connectivity index (χ1v) is 5.59. The Bertz CT molecular complexity index is 498. The molecule has 0 aliphatic rings. The van der Waals surface area contributed by atoms with Crippen LogP contribution in [0.5, 0.6) is 0 Å². The van der Waals surface area contributed by atoms with Crippen LogP contribution in [-0.2, 0) is 5.60 Å². The molecule has 0 radical (unpaired) electrons. The van der Waals surface area contributed by atoms with Gasteiger partial charge in [-0.3, -0.25) is 4.98 Å². The Morgan fingerprint density at radius 1 is 1.25 bits per heavy atom. The highest BCUT2D eigenvalue weighted by Crippen LogP contribution is 2.33. The molecular formula is C14H17NO. The van der Waals surface area contributed by atoms with Gasteiger partial charge in [0.05, 0.1) is 5.60 Å². The third kappa shape index (κ3) is 1.69. The molecule has 0 aliphatic heterocycles. The van der Waals surface area contributed by atoms with Crippen LogP contribution in [0.4, 0.5) is 0 Å². The van der Waals surface area contributed by atoms with Crippen molar-refractivity contribution < 1.29 is 5.11 Å². The van der Waals surface area contributed by atoms with Crippen LogP contribution < -0.4 is 0 Å². The van der Waals surface area contributed by atoms with Crippen LogP contribution in [0.15, 0.2) is 36.7 Å². The number of nitrogens with zero attached hydrogens (tertiary/aromatic N) is 1. The van der Waals surface area contributed by atoms with E-state index in [-0.39, 0.29) is 5.92 Å². The van der Waals surface area contributed by atoms with E-state index in [1.165, 1.54) is 0 Å². The quantitative estimate of drug-likeness (QED) is 0.835. The van der Waals surface area contributed by atoms with Gasteiger partial charge in [0.15, 0.2) is 0 Å². The largest absolute Gasteiger partial charge is 0.385 e. The highest BCUT2D eigenvalue weighted by Gasteiger charge is 2.28. The molecule has 2 nitrogen and oxygen atoms in total. The van der Waals surface area contributed by atoms with E-state index in [1.807, 2.05) is 51.2 Å². The maximum absolute atomic E-state index is 10.5. The zero-order valence-electron chi connectivity index (χ0n) is 9.94. The van der Waals surface area contributed by atoms with Gasteiger partial charge in [-0.1, -0.05) is 32.0 Å². The molecule has 0 aliphatic carbocycles. The standard InChI is InChI=1S/C14H17NO/c1-10(2)14(3,16)13-6-4-5-11-9-15-8-7-12(11)13/h4-10,16H,1-3H3. The van der Waals surface area contributed by atoms with Gasteiger partial charge in [0.1, 0.15) is 0 Å². The van der Waals surface area contributed by atoms with Crippen molar-refractivity contribution in [2.75, 3.05) is 0 Å². The first-order chi connectivity index (χ1) is 7.53. The van der Waals surface area contributed by atoms with Gasteiger partial charge in [-0.15, -0.1) is 0 Å². The van der Waals surface area contributed by atoms with Gasteiger partial charge in [-0.05, 0) is 29.9 Å².